The average molecular weight is 522 g/mol. The summed E-state index contributed by atoms with van der Waals surface area (Å²) < 4.78 is 75.4. The van der Waals surface area contributed by atoms with Gasteiger partial charge in [0.15, 0.2) is 11.8 Å². The van der Waals surface area contributed by atoms with Crippen molar-refractivity contribution in [3.05, 3.63) is 120 Å². The van der Waals surface area contributed by atoms with Crippen LogP contribution in [0.2, 0.25) is 6.55 Å². The van der Waals surface area contributed by atoms with E-state index in [4.69, 9.17) is 17.6 Å². The van der Waals surface area contributed by atoms with Crippen LogP contribution in [-0.2, 0) is 13.0 Å². The molecular weight excluding hydrogens is 480 g/mol. The summed E-state index contributed by atoms with van der Waals surface area (Å²) in [5, 5.41) is 3.30. The second kappa shape index (κ2) is 9.37. The van der Waals surface area contributed by atoms with E-state index in [1.165, 1.54) is 12.3 Å². The fourth-order valence-corrected chi connectivity index (χ4v) is 8.21. The van der Waals surface area contributed by atoms with Gasteiger partial charge in [-0.15, -0.1) is 0 Å². The van der Waals surface area contributed by atoms with Gasteiger partial charge < -0.3 is 4.42 Å². The van der Waals surface area contributed by atoms with Gasteiger partial charge >= 0.3 is 0 Å². The minimum Gasteiger partial charge on any atom is -0.437 e. The number of benzene rings is 3. The fourth-order valence-electron chi connectivity index (χ4n) is 5.21. The third-order valence-electron chi connectivity index (χ3n) is 7.33. The van der Waals surface area contributed by atoms with Crippen LogP contribution in [0.1, 0.15) is 33.4 Å². The maximum atomic E-state index is 9.62. The molecule has 3 heterocycles. The molecule has 3 nitrogen and oxygen atoms in total. The normalized spacial score (nSPS) is 16.1. The minimum atomic E-state index is -3.09. The van der Waals surface area contributed by atoms with Crippen LogP contribution in [0.15, 0.2) is 102 Å². The van der Waals surface area contributed by atoms with Gasteiger partial charge in [0.1, 0.15) is 15.1 Å². The Hall–Kier alpha value is -4.02. The molecule has 0 aliphatic rings. The molecule has 6 rings (SSSR count). The SMILES string of the molecule is [2H]C([2H])([2H])c1cc(-c2c(C)ccc3c2oc2nc(C([2H])([2H])[Si](C)(c4ccccc4)c4ccccc4)ccc23)[n+](C)cc1C([2H])([2H])[2H]. The van der Waals surface area contributed by atoms with Crippen LogP contribution in [-0.4, -0.2) is 13.1 Å². The van der Waals surface area contributed by atoms with Gasteiger partial charge in [0.2, 0.25) is 11.4 Å². The molecular formula is C34H33N2OSi+. The number of fused-ring (bicyclic) bond motifs is 3. The van der Waals surface area contributed by atoms with Gasteiger partial charge in [0.05, 0.1) is 5.56 Å². The van der Waals surface area contributed by atoms with Crippen molar-refractivity contribution in [2.24, 2.45) is 7.05 Å². The fraction of sp³-hybridized carbons (Fsp3) is 0.176. The van der Waals surface area contributed by atoms with E-state index in [-0.39, 0.29) is 22.5 Å². The first kappa shape index (κ1) is 16.7. The van der Waals surface area contributed by atoms with Crippen LogP contribution in [0.25, 0.3) is 33.3 Å². The second-order valence-electron chi connectivity index (χ2n) is 9.86. The van der Waals surface area contributed by atoms with E-state index < -0.39 is 27.8 Å². The summed E-state index contributed by atoms with van der Waals surface area (Å²) in [6.07, 6.45) is 1.36. The molecule has 188 valence electrons. The third kappa shape index (κ3) is 4.06. The van der Waals surface area contributed by atoms with Crippen molar-refractivity contribution in [2.45, 2.75) is 33.2 Å². The summed E-state index contributed by atoms with van der Waals surface area (Å²) in [7, 11) is -1.42. The molecule has 0 spiro atoms. The minimum absolute atomic E-state index is 0.231. The number of aryl methyl sites for hydroxylation is 4. The van der Waals surface area contributed by atoms with E-state index in [1.54, 1.807) is 17.7 Å². The van der Waals surface area contributed by atoms with Crippen LogP contribution in [0.5, 0.6) is 0 Å². The standard InChI is InChI=1S/C34H33N2OSi/c1-23-16-18-29-30-19-17-26(22-38(5,27-12-8-6-9-13-27)28-14-10-7-11-15-28)35-34(30)37-33(29)32(23)31-20-24(2)25(3)21-36(31)4/h6-21H,22H2,1-5H3/q+1/i2D3,3D3,22D2. The molecule has 0 saturated carbocycles. The van der Waals surface area contributed by atoms with Crippen molar-refractivity contribution in [3.63, 3.8) is 0 Å². The molecule has 0 bridgehead atoms. The lowest BCUT2D eigenvalue weighted by Crippen LogP contribution is -2.57. The maximum absolute atomic E-state index is 9.62. The average Bonchev–Trinajstić information content (AvgIpc) is 3.38. The summed E-state index contributed by atoms with van der Waals surface area (Å²) in [4.78, 5) is 4.81. The third-order valence-corrected chi connectivity index (χ3v) is 11.1. The van der Waals surface area contributed by atoms with Crippen molar-refractivity contribution in [2.75, 3.05) is 0 Å². The topological polar surface area (TPSA) is 29.9 Å². The van der Waals surface area contributed by atoms with Gasteiger partial charge in [0.25, 0.3) is 0 Å². The van der Waals surface area contributed by atoms with Crippen molar-refractivity contribution < 1.29 is 20.0 Å². The van der Waals surface area contributed by atoms with Gasteiger partial charge in [-0.2, -0.15) is 0 Å². The Kier molecular flexibility index (Phi) is 4.13. The van der Waals surface area contributed by atoms with Gasteiger partial charge in [-0.05, 0) is 49.9 Å². The van der Waals surface area contributed by atoms with Crippen LogP contribution >= 0.6 is 0 Å². The van der Waals surface area contributed by atoms with E-state index in [9.17, 15) is 2.74 Å². The molecule has 0 radical (unpaired) electrons. The highest BCUT2D eigenvalue weighted by atomic mass is 28.3. The molecule has 0 atom stereocenters. The second-order valence-corrected chi connectivity index (χ2v) is 13.5. The van der Waals surface area contributed by atoms with Crippen molar-refractivity contribution in [3.8, 4) is 11.3 Å². The molecule has 4 heteroatoms. The molecule has 3 aromatic carbocycles. The first-order valence-electron chi connectivity index (χ1n) is 16.5. The van der Waals surface area contributed by atoms with E-state index >= 15 is 0 Å². The van der Waals surface area contributed by atoms with E-state index in [0.717, 1.165) is 21.3 Å². The molecule has 6 aromatic rings. The van der Waals surface area contributed by atoms with Crippen LogP contribution < -0.4 is 14.9 Å². The predicted octanol–water partition coefficient (Wildman–Crippen LogP) is 6.37. The smallest absolute Gasteiger partial charge is 0.227 e. The Bertz CT molecular complexity index is 2050. The largest absolute Gasteiger partial charge is 0.437 e. The lowest BCUT2D eigenvalue weighted by Gasteiger charge is -2.28. The monoisotopic (exact) mass is 521 g/mol. The molecule has 0 aliphatic carbocycles. The van der Waals surface area contributed by atoms with Crippen LogP contribution in [0.4, 0.5) is 0 Å². The Morgan fingerprint density at radius 2 is 1.50 bits per heavy atom. The number of pyridine rings is 2. The summed E-state index contributed by atoms with van der Waals surface area (Å²) >= 11 is 0. The number of hydrogen-bond acceptors (Lipinski definition) is 2. The number of hydrogen-bond donors (Lipinski definition) is 0. The van der Waals surface area contributed by atoms with Gasteiger partial charge in [0, 0.05) is 39.1 Å². The zero-order valence-electron chi connectivity index (χ0n) is 29.5. The van der Waals surface area contributed by atoms with Gasteiger partial charge in [-0.1, -0.05) is 89.7 Å². The van der Waals surface area contributed by atoms with E-state index in [2.05, 4.69) is 0 Å². The van der Waals surface area contributed by atoms with Crippen molar-refractivity contribution in [1.82, 2.24) is 4.98 Å². The number of nitrogens with zero attached hydrogens (tertiary/aromatic N) is 2. The Morgan fingerprint density at radius 3 is 2.16 bits per heavy atom. The van der Waals surface area contributed by atoms with Crippen LogP contribution in [0, 0.1) is 20.6 Å². The Morgan fingerprint density at radius 1 is 0.842 bits per heavy atom. The summed E-state index contributed by atoms with van der Waals surface area (Å²) in [5.74, 6) is -1.84. The molecule has 0 saturated heterocycles. The van der Waals surface area contributed by atoms with E-state index in [1.807, 2.05) is 92.3 Å². The lowest BCUT2D eigenvalue weighted by molar-refractivity contribution is -0.660. The maximum Gasteiger partial charge on any atom is 0.227 e. The molecule has 3 aromatic heterocycles. The first-order valence-corrected chi connectivity index (χ1v) is 15.0. The van der Waals surface area contributed by atoms with Crippen molar-refractivity contribution >= 4 is 40.5 Å². The van der Waals surface area contributed by atoms with Crippen molar-refractivity contribution in [1.29, 1.82) is 0 Å². The highest BCUT2D eigenvalue weighted by Crippen LogP contribution is 2.36. The highest BCUT2D eigenvalue weighted by Gasteiger charge is 2.33. The summed E-state index contributed by atoms with van der Waals surface area (Å²) in [6.45, 7) is -1.37. The first-order chi connectivity index (χ1) is 21.5. The molecule has 0 unspecified atom stereocenters. The van der Waals surface area contributed by atoms with Crippen LogP contribution in [0.3, 0.4) is 0 Å². The number of furan rings is 1. The highest BCUT2D eigenvalue weighted by molar-refractivity contribution is 7.00. The van der Waals surface area contributed by atoms with Gasteiger partial charge in [-0.25, -0.2) is 9.55 Å². The molecule has 0 N–H and O–H groups in total. The summed E-state index contributed by atoms with van der Waals surface area (Å²) in [6, 6.07) is 28.3. The lowest BCUT2D eigenvalue weighted by atomic mass is 9.99. The zero-order valence-corrected chi connectivity index (χ0v) is 22.5. The number of rotatable bonds is 5. The van der Waals surface area contributed by atoms with E-state index in [0.29, 0.717) is 22.2 Å². The van der Waals surface area contributed by atoms with Gasteiger partial charge in [-0.3, -0.25) is 0 Å². The molecule has 0 aliphatic heterocycles. The summed E-state index contributed by atoms with van der Waals surface area (Å²) in [5.41, 5.74) is 2.39. The molecule has 0 amide bonds. The molecule has 38 heavy (non-hydrogen) atoms. The Labute approximate surface area is 236 Å². The quantitative estimate of drug-likeness (QED) is 0.195. The predicted molar refractivity (Wildman–Crippen MR) is 160 cm³/mol. The zero-order chi connectivity index (χ0) is 33.2. The number of aromatic nitrogens is 2. The molecule has 0 fully saturated rings. The Balaban J connectivity index is 1.57.